The SMILES string of the molecule is CCCCCCCCCCCCCCCCC(=O)O.[Cd]. The molecule has 0 aromatic rings. The molecule has 0 bridgehead atoms. The molecule has 0 rings (SSSR count). The van der Waals surface area contributed by atoms with Gasteiger partial charge < -0.3 is 5.11 Å². The summed E-state index contributed by atoms with van der Waals surface area (Å²) in [5.41, 5.74) is 0. The van der Waals surface area contributed by atoms with Gasteiger partial charge in [0.2, 0.25) is 0 Å². The first-order chi connectivity index (χ1) is 9.27. The maximum atomic E-state index is 10.3. The summed E-state index contributed by atoms with van der Waals surface area (Å²) in [5.74, 6) is -0.654. The van der Waals surface area contributed by atoms with Crippen LogP contribution in [0.4, 0.5) is 0 Å². The molecule has 116 valence electrons. The number of hydrogen-bond donors (Lipinski definition) is 1. The minimum atomic E-state index is -0.654. The monoisotopic (exact) mass is 384 g/mol. The van der Waals surface area contributed by atoms with Crippen molar-refractivity contribution in [1.29, 1.82) is 0 Å². The summed E-state index contributed by atoms with van der Waals surface area (Å²) < 4.78 is 0. The fourth-order valence-corrected chi connectivity index (χ4v) is 2.47. The van der Waals surface area contributed by atoms with E-state index in [2.05, 4.69) is 6.92 Å². The Morgan fingerprint density at radius 1 is 0.650 bits per heavy atom. The van der Waals surface area contributed by atoms with Crippen LogP contribution in [0, 0.1) is 0 Å². The second-order valence-electron chi connectivity index (χ2n) is 5.74. The van der Waals surface area contributed by atoms with Crippen molar-refractivity contribution in [1.82, 2.24) is 0 Å². The topological polar surface area (TPSA) is 37.3 Å². The van der Waals surface area contributed by atoms with Gasteiger partial charge in [0.15, 0.2) is 0 Å². The zero-order valence-corrected chi connectivity index (χ0v) is 17.7. The van der Waals surface area contributed by atoms with E-state index in [9.17, 15) is 4.79 Å². The number of unbranched alkanes of at least 4 members (excludes halogenated alkanes) is 13. The largest absolute Gasteiger partial charge is 0.481 e. The van der Waals surface area contributed by atoms with Crippen LogP contribution < -0.4 is 0 Å². The van der Waals surface area contributed by atoms with Crippen LogP contribution >= 0.6 is 0 Å². The molecule has 0 aliphatic carbocycles. The Balaban J connectivity index is 0. The molecule has 1 N–H and O–H groups in total. The van der Waals surface area contributed by atoms with Crippen LogP contribution in [0.15, 0.2) is 0 Å². The van der Waals surface area contributed by atoms with Crippen molar-refractivity contribution in [3.8, 4) is 0 Å². The first kappa shape index (κ1) is 22.7. The summed E-state index contributed by atoms with van der Waals surface area (Å²) in [4.78, 5) is 10.3. The molecule has 0 aromatic heterocycles. The summed E-state index contributed by atoms with van der Waals surface area (Å²) in [6.07, 6.45) is 18.7. The zero-order chi connectivity index (χ0) is 14.2. The molecule has 0 atom stereocenters. The number of carbonyl (C=O) groups is 1. The summed E-state index contributed by atoms with van der Waals surface area (Å²) in [7, 11) is 0. The van der Waals surface area contributed by atoms with Gasteiger partial charge in [0.1, 0.15) is 0 Å². The van der Waals surface area contributed by atoms with Crippen molar-refractivity contribution in [2.24, 2.45) is 0 Å². The molecular formula is C17H34CdO2. The Morgan fingerprint density at radius 2 is 0.950 bits per heavy atom. The van der Waals surface area contributed by atoms with E-state index in [1.165, 1.54) is 77.0 Å². The predicted octanol–water partition coefficient (Wildman–Crippen LogP) is 5.94. The Labute approximate surface area is 146 Å². The molecule has 0 saturated heterocycles. The molecule has 0 amide bonds. The summed E-state index contributed by atoms with van der Waals surface area (Å²) in [6, 6.07) is 0. The van der Waals surface area contributed by atoms with Crippen molar-refractivity contribution >= 4 is 5.97 Å². The fourth-order valence-electron chi connectivity index (χ4n) is 2.47. The van der Waals surface area contributed by atoms with Crippen LogP contribution in [0.3, 0.4) is 0 Å². The molecule has 3 heteroatoms. The van der Waals surface area contributed by atoms with Crippen LogP contribution in [0.2, 0.25) is 0 Å². The minimum Gasteiger partial charge on any atom is -0.481 e. The van der Waals surface area contributed by atoms with Crippen molar-refractivity contribution in [2.75, 3.05) is 0 Å². The van der Waals surface area contributed by atoms with Gasteiger partial charge in [-0.25, -0.2) is 0 Å². The summed E-state index contributed by atoms with van der Waals surface area (Å²) in [6.45, 7) is 2.27. The summed E-state index contributed by atoms with van der Waals surface area (Å²) in [5, 5.41) is 8.50. The maximum Gasteiger partial charge on any atom is 0.303 e. The van der Waals surface area contributed by atoms with E-state index in [0.717, 1.165) is 12.8 Å². The van der Waals surface area contributed by atoms with Gasteiger partial charge in [-0.2, -0.15) is 0 Å². The van der Waals surface area contributed by atoms with Gasteiger partial charge in [0.25, 0.3) is 0 Å². The van der Waals surface area contributed by atoms with Crippen LogP contribution in [-0.4, -0.2) is 11.1 Å². The zero-order valence-electron chi connectivity index (χ0n) is 13.7. The molecule has 0 aliphatic rings. The van der Waals surface area contributed by atoms with E-state index in [1.807, 2.05) is 0 Å². The van der Waals surface area contributed by atoms with E-state index in [-0.39, 0.29) is 27.3 Å². The maximum absolute atomic E-state index is 10.3. The molecular weight excluding hydrogens is 349 g/mol. The van der Waals surface area contributed by atoms with Gasteiger partial charge in [-0.3, -0.25) is 4.79 Å². The van der Waals surface area contributed by atoms with Gasteiger partial charge in [0, 0.05) is 33.7 Å². The molecule has 0 saturated carbocycles. The minimum absolute atomic E-state index is 0. The molecule has 0 heterocycles. The smallest absolute Gasteiger partial charge is 0.303 e. The number of aliphatic carboxylic acids is 1. The van der Waals surface area contributed by atoms with Crippen molar-refractivity contribution < 1.29 is 37.2 Å². The van der Waals surface area contributed by atoms with Gasteiger partial charge in [-0.05, 0) is 6.42 Å². The predicted molar refractivity (Wildman–Crippen MR) is 82.6 cm³/mol. The molecule has 20 heavy (non-hydrogen) atoms. The number of carboxylic acids is 1. The molecule has 0 fully saturated rings. The summed E-state index contributed by atoms with van der Waals surface area (Å²) >= 11 is 0. The Kier molecular flexibility index (Phi) is 22.0. The van der Waals surface area contributed by atoms with Gasteiger partial charge in [-0.15, -0.1) is 0 Å². The van der Waals surface area contributed by atoms with Crippen molar-refractivity contribution in [2.45, 2.75) is 103 Å². The second-order valence-corrected chi connectivity index (χ2v) is 5.74. The Hall–Kier alpha value is 0.392. The van der Waals surface area contributed by atoms with E-state index < -0.39 is 5.97 Å². The molecule has 0 aliphatic heterocycles. The van der Waals surface area contributed by atoms with Gasteiger partial charge >= 0.3 is 5.97 Å². The van der Waals surface area contributed by atoms with Crippen LogP contribution in [0.1, 0.15) is 103 Å². The number of carboxylic acid groups (broad SMARTS) is 1. The molecule has 0 radical (unpaired) electrons. The first-order valence-electron chi connectivity index (χ1n) is 8.49. The third kappa shape index (κ3) is 20.7. The van der Waals surface area contributed by atoms with Gasteiger partial charge in [0.05, 0.1) is 0 Å². The van der Waals surface area contributed by atoms with Crippen LogP contribution in [0.5, 0.6) is 0 Å². The van der Waals surface area contributed by atoms with Crippen molar-refractivity contribution in [3.05, 3.63) is 0 Å². The van der Waals surface area contributed by atoms with Crippen LogP contribution in [0.25, 0.3) is 0 Å². The molecule has 0 unspecified atom stereocenters. The normalized spacial score (nSPS) is 10.2. The average Bonchev–Trinajstić information content (AvgIpc) is 2.39. The van der Waals surface area contributed by atoms with Crippen LogP contribution in [-0.2, 0) is 32.1 Å². The number of hydrogen-bond acceptors (Lipinski definition) is 1. The Bertz CT molecular complexity index is 195. The third-order valence-corrected chi connectivity index (χ3v) is 3.74. The number of rotatable bonds is 15. The van der Waals surface area contributed by atoms with Gasteiger partial charge in [-0.1, -0.05) is 90.4 Å². The van der Waals surface area contributed by atoms with E-state index >= 15 is 0 Å². The molecule has 0 aromatic carbocycles. The second kappa shape index (κ2) is 19.4. The standard InChI is InChI=1S/C17H34O2.Cd/c1-2-3-4-5-6-7-8-9-10-11-12-13-14-15-16-17(18)19;/h2-16H2,1H3,(H,18,19);. The third-order valence-electron chi connectivity index (χ3n) is 3.74. The average molecular weight is 383 g/mol. The molecule has 0 spiro atoms. The molecule has 2 nitrogen and oxygen atoms in total. The Morgan fingerprint density at radius 3 is 1.25 bits per heavy atom. The van der Waals surface area contributed by atoms with E-state index in [1.54, 1.807) is 0 Å². The first-order valence-corrected chi connectivity index (χ1v) is 8.49. The fraction of sp³-hybridized carbons (Fsp3) is 0.941. The van der Waals surface area contributed by atoms with E-state index in [4.69, 9.17) is 5.11 Å². The van der Waals surface area contributed by atoms with E-state index in [0.29, 0.717) is 6.42 Å². The quantitative estimate of drug-likeness (QED) is 0.281. The van der Waals surface area contributed by atoms with Crippen molar-refractivity contribution in [3.63, 3.8) is 0 Å².